The van der Waals surface area contributed by atoms with Gasteiger partial charge in [-0.25, -0.2) is 4.98 Å². The smallest absolute Gasteiger partial charge is 0.321 e. The molecule has 45 heavy (non-hydrogen) atoms. The van der Waals surface area contributed by atoms with Gasteiger partial charge in [-0.15, -0.1) is 0 Å². The zero-order valence-corrected chi connectivity index (χ0v) is 27.6. The molecule has 242 valence electrons. The van der Waals surface area contributed by atoms with Crippen molar-refractivity contribution in [1.82, 2.24) is 14.5 Å². The van der Waals surface area contributed by atoms with Gasteiger partial charge < -0.3 is 19.9 Å². The van der Waals surface area contributed by atoms with Gasteiger partial charge in [-0.05, 0) is 76.0 Å². The Labute approximate surface area is 268 Å². The number of aliphatic imine (C=N–C) groups is 1. The maximum absolute atomic E-state index is 13.8. The lowest BCUT2D eigenvalue weighted by Crippen LogP contribution is -2.53. The molecule has 1 aliphatic heterocycles. The molecule has 2 fully saturated rings. The number of carbonyl (C=O) groups excluding carboxylic acids is 2. The SMILES string of the molecule is CCOC(=O)C(CC)(CC)C(=O)N1CCC(CCN=C(N)CC(CC2CC2)n2c(C)nc3ccccc32)(c2ccccc2)CC1. The van der Waals surface area contributed by atoms with Crippen LogP contribution in [0.1, 0.15) is 96.0 Å². The average Bonchev–Trinajstić information content (AvgIpc) is 3.81. The number of carbonyl (C=O) groups is 2. The van der Waals surface area contributed by atoms with Gasteiger partial charge in [0.15, 0.2) is 0 Å². The first-order valence-electron chi connectivity index (χ1n) is 17.0. The van der Waals surface area contributed by atoms with Crippen molar-refractivity contribution >= 4 is 28.7 Å². The number of amides is 1. The molecule has 1 aromatic heterocycles. The van der Waals surface area contributed by atoms with Gasteiger partial charge in [0.2, 0.25) is 5.91 Å². The molecule has 0 radical (unpaired) electrons. The second kappa shape index (κ2) is 14.2. The first-order valence-corrected chi connectivity index (χ1v) is 17.0. The van der Waals surface area contributed by atoms with Crippen LogP contribution in [0.15, 0.2) is 59.6 Å². The van der Waals surface area contributed by atoms with E-state index in [9.17, 15) is 9.59 Å². The van der Waals surface area contributed by atoms with E-state index in [0.717, 1.165) is 48.5 Å². The zero-order chi connectivity index (χ0) is 32.0. The van der Waals surface area contributed by atoms with E-state index in [1.54, 1.807) is 6.92 Å². The number of hydrogen-bond donors (Lipinski definition) is 1. The van der Waals surface area contributed by atoms with Crippen LogP contribution in [0.4, 0.5) is 0 Å². The lowest BCUT2D eigenvalue weighted by atomic mass is 9.70. The molecule has 2 aliphatic rings. The number of hydrogen-bond acceptors (Lipinski definition) is 5. The second-order valence-electron chi connectivity index (χ2n) is 13.1. The number of amidine groups is 1. The predicted molar refractivity (Wildman–Crippen MR) is 180 cm³/mol. The maximum atomic E-state index is 13.8. The minimum Gasteiger partial charge on any atom is -0.465 e. The van der Waals surface area contributed by atoms with Gasteiger partial charge >= 0.3 is 5.97 Å². The van der Waals surface area contributed by atoms with E-state index in [2.05, 4.69) is 54.0 Å². The Bertz CT molecular complexity index is 1480. The number of imidazole rings is 1. The van der Waals surface area contributed by atoms with E-state index < -0.39 is 11.4 Å². The quantitative estimate of drug-likeness (QED) is 0.0938. The van der Waals surface area contributed by atoms with Crippen LogP contribution in [0, 0.1) is 18.3 Å². The van der Waals surface area contributed by atoms with Crippen LogP contribution < -0.4 is 5.73 Å². The van der Waals surface area contributed by atoms with Crippen molar-refractivity contribution in [3.8, 4) is 0 Å². The molecule has 1 aliphatic carbocycles. The number of piperidine rings is 1. The molecule has 5 rings (SSSR count). The van der Waals surface area contributed by atoms with Crippen molar-refractivity contribution in [1.29, 1.82) is 0 Å². The minimum atomic E-state index is -1.11. The van der Waals surface area contributed by atoms with E-state index >= 15 is 0 Å². The molecule has 0 spiro atoms. The normalized spacial score (nSPS) is 17.8. The monoisotopic (exact) mass is 613 g/mol. The standard InChI is InChI=1S/C37H51N5O3/c1-5-37(6-2,35(44)45-7-3)34(43)41-23-20-36(21-24-41,29-13-9-8-10-14-29)19-22-39-33(38)26-30(25-28-17-18-28)42-27(4)40-31-15-11-12-16-32(31)42/h8-16,28,30H,5-7,17-26H2,1-4H3,(H2,38,39). The number of fused-ring (bicyclic) bond motifs is 1. The molecule has 0 bridgehead atoms. The van der Waals surface area contributed by atoms with Gasteiger partial charge in [0, 0.05) is 37.5 Å². The first-order chi connectivity index (χ1) is 21.8. The molecule has 2 heterocycles. The third kappa shape index (κ3) is 6.95. The molecule has 1 saturated heterocycles. The highest BCUT2D eigenvalue weighted by Crippen LogP contribution is 2.42. The van der Waals surface area contributed by atoms with Crippen molar-refractivity contribution < 1.29 is 14.3 Å². The fourth-order valence-electron chi connectivity index (χ4n) is 7.48. The molecular formula is C37H51N5O3. The first kappa shape index (κ1) is 32.7. The number of aromatic nitrogens is 2. The largest absolute Gasteiger partial charge is 0.465 e. The van der Waals surface area contributed by atoms with Crippen molar-refractivity contribution in [2.75, 3.05) is 26.2 Å². The second-order valence-corrected chi connectivity index (χ2v) is 13.1. The Kier molecular flexibility index (Phi) is 10.3. The summed E-state index contributed by atoms with van der Waals surface area (Å²) in [6.07, 6.45) is 7.73. The molecule has 2 N–H and O–H groups in total. The van der Waals surface area contributed by atoms with E-state index in [-0.39, 0.29) is 24.0 Å². The van der Waals surface area contributed by atoms with E-state index in [1.807, 2.05) is 30.9 Å². The average molecular weight is 614 g/mol. The maximum Gasteiger partial charge on any atom is 0.321 e. The summed E-state index contributed by atoms with van der Waals surface area (Å²) >= 11 is 0. The van der Waals surface area contributed by atoms with Gasteiger partial charge in [-0.2, -0.15) is 0 Å². The molecule has 2 aromatic carbocycles. The number of ether oxygens (including phenoxy) is 1. The topological polar surface area (TPSA) is 103 Å². The third-order valence-electron chi connectivity index (χ3n) is 10.5. The molecule has 8 heteroatoms. The minimum absolute atomic E-state index is 0.0982. The number of para-hydroxylation sites is 2. The fourth-order valence-corrected chi connectivity index (χ4v) is 7.48. The summed E-state index contributed by atoms with van der Waals surface area (Å²) in [5.74, 6) is 1.97. The van der Waals surface area contributed by atoms with Crippen LogP contribution in [0.2, 0.25) is 0 Å². The van der Waals surface area contributed by atoms with Crippen LogP contribution in [0.3, 0.4) is 0 Å². The molecule has 1 saturated carbocycles. The Morgan fingerprint density at radius 1 is 1.04 bits per heavy atom. The van der Waals surface area contributed by atoms with Crippen molar-refractivity contribution in [2.24, 2.45) is 22.1 Å². The summed E-state index contributed by atoms with van der Waals surface area (Å²) in [5.41, 5.74) is 8.92. The van der Waals surface area contributed by atoms with Gasteiger partial charge in [0.1, 0.15) is 11.2 Å². The molecule has 8 nitrogen and oxygen atoms in total. The lowest BCUT2D eigenvalue weighted by Gasteiger charge is -2.44. The Morgan fingerprint density at radius 3 is 2.36 bits per heavy atom. The van der Waals surface area contributed by atoms with Gasteiger partial charge in [0.05, 0.1) is 23.5 Å². The van der Waals surface area contributed by atoms with E-state index in [0.29, 0.717) is 44.7 Å². The third-order valence-corrected chi connectivity index (χ3v) is 10.5. The Morgan fingerprint density at radius 2 is 1.71 bits per heavy atom. The molecule has 1 atom stereocenters. The number of aryl methyl sites for hydroxylation is 1. The van der Waals surface area contributed by atoms with E-state index in [4.69, 9.17) is 20.4 Å². The highest BCUT2D eigenvalue weighted by atomic mass is 16.5. The predicted octanol–water partition coefficient (Wildman–Crippen LogP) is 6.75. The van der Waals surface area contributed by atoms with Crippen LogP contribution in [-0.4, -0.2) is 58.4 Å². The number of nitrogens with zero attached hydrogens (tertiary/aromatic N) is 4. The molecule has 1 unspecified atom stereocenters. The van der Waals surface area contributed by atoms with Gasteiger partial charge in [-0.1, -0.05) is 69.2 Å². The molecule has 3 aromatic rings. The summed E-state index contributed by atoms with van der Waals surface area (Å²) in [6, 6.07) is 19.2. The van der Waals surface area contributed by atoms with Gasteiger partial charge in [0.25, 0.3) is 0 Å². The lowest BCUT2D eigenvalue weighted by molar-refractivity contribution is -0.166. The van der Waals surface area contributed by atoms with Crippen LogP contribution >= 0.6 is 0 Å². The summed E-state index contributed by atoms with van der Waals surface area (Å²) < 4.78 is 7.74. The van der Waals surface area contributed by atoms with Crippen molar-refractivity contribution in [3.63, 3.8) is 0 Å². The Balaban J connectivity index is 1.30. The summed E-state index contributed by atoms with van der Waals surface area (Å²) in [6.45, 7) is 9.80. The summed E-state index contributed by atoms with van der Waals surface area (Å²) in [5, 5.41) is 0. The zero-order valence-electron chi connectivity index (χ0n) is 27.6. The van der Waals surface area contributed by atoms with E-state index in [1.165, 1.54) is 18.4 Å². The number of rotatable bonds is 14. The number of benzene rings is 2. The van der Waals surface area contributed by atoms with Crippen molar-refractivity contribution in [2.45, 2.75) is 96.9 Å². The summed E-state index contributed by atoms with van der Waals surface area (Å²) in [7, 11) is 0. The Hall–Kier alpha value is -3.68. The molecular weight excluding hydrogens is 562 g/mol. The number of nitrogens with two attached hydrogens (primary N) is 1. The number of likely N-dealkylation sites (tertiary alicyclic amines) is 1. The van der Waals surface area contributed by atoms with Crippen LogP contribution in [0.5, 0.6) is 0 Å². The molecule has 1 amide bonds. The van der Waals surface area contributed by atoms with Crippen LogP contribution in [0.25, 0.3) is 11.0 Å². The summed E-state index contributed by atoms with van der Waals surface area (Å²) in [4.78, 5) is 38.5. The van der Waals surface area contributed by atoms with Crippen LogP contribution in [-0.2, 0) is 19.7 Å². The fraction of sp³-hybridized carbons (Fsp3) is 0.568. The van der Waals surface area contributed by atoms with Gasteiger partial charge in [-0.3, -0.25) is 14.6 Å². The van der Waals surface area contributed by atoms with Crippen molar-refractivity contribution in [3.05, 3.63) is 66.0 Å². The highest BCUT2D eigenvalue weighted by molar-refractivity contribution is 6.02. The number of esters is 1. The highest BCUT2D eigenvalue weighted by Gasteiger charge is 2.48.